The number of benzene rings is 2. The Kier molecular flexibility index (Phi) is 7.46. The van der Waals surface area contributed by atoms with Crippen molar-refractivity contribution >= 4 is 38.9 Å². The van der Waals surface area contributed by atoms with Crippen LogP contribution in [0, 0.1) is 0 Å². The van der Waals surface area contributed by atoms with Gasteiger partial charge >= 0.3 is 0 Å². The smallest absolute Gasteiger partial charge is 0.276 e. The molecule has 1 aliphatic heterocycles. The number of rotatable bonds is 9. The van der Waals surface area contributed by atoms with Crippen LogP contribution < -0.4 is 20.8 Å². The van der Waals surface area contributed by atoms with Gasteiger partial charge in [-0.25, -0.2) is 13.1 Å². The maximum absolute atomic E-state index is 12.5. The molecule has 3 rings (SSSR count). The van der Waals surface area contributed by atoms with Gasteiger partial charge in [0.05, 0.1) is 16.3 Å². The third kappa shape index (κ3) is 6.15. The molecular formula is C22H28N6O4S. The molecule has 0 saturated heterocycles. The molecular weight excluding hydrogens is 444 g/mol. The number of anilines is 2. The first-order chi connectivity index (χ1) is 15.6. The maximum Gasteiger partial charge on any atom is 0.276 e. The van der Waals surface area contributed by atoms with E-state index >= 15 is 0 Å². The lowest BCUT2D eigenvalue weighted by Gasteiger charge is -2.11. The highest BCUT2D eigenvalue weighted by Gasteiger charge is 2.28. The van der Waals surface area contributed by atoms with Gasteiger partial charge < -0.3 is 15.5 Å². The molecule has 2 aromatic rings. The van der Waals surface area contributed by atoms with Gasteiger partial charge in [-0.2, -0.15) is 5.10 Å². The molecule has 0 bridgehead atoms. The summed E-state index contributed by atoms with van der Waals surface area (Å²) in [4.78, 5) is 26.8. The van der Waals surface area contributed by atoms with Crippen LogP contribution in [0.15, 0.2) is 52.5 Å². The van der Waals surface area contributed by atoms with E-state index < -0.39 is 15.9 Å². The molecule has 176 valence electrons. The molecule has 10 nitrogen and oxygen atoms in total. The molecule has 4 N–H and O–H groups in total. The van der Waals surface area contributed by atoms with Crippen molar-refractivity contribution < 1.29 is 18.0 Å². The normalized spacial score (nSPS) is 14.5. The molecule has 1 heterocycles. The summed E-state index contributed by atoms with van der Waals surface area (Å²) in [5, 5.41) is 9.70. The third-order valence-corrected chi connectivity index (χ3v) is 6.33. The topological polar surface area (TPSA) is 132 Å². The van der Waals surface area contributed by atoms with Gasteiger partial charge in [0, 0.05) is 30.3 Å². The lowest BCUT2D eigenvalue weighted by molar-refractivity contribution is -0.110. The fourth-order valence-corrected chi connectivity index (χ4v) is 4.41. The van der Waals surface area contributed by atoms with Crippen molar-refractivity contribution in [3.63, 3.8) is 0 Å². The van der Waals surface area contributed by atoms with E-state index in [0.29, 0.717) is 29.0 Å². The molecule has 33 heavy (non-hydrogen) atoms. The summed E-state index contributed by atoms with van der Waals surface area (Å²) >= 11 is 0. The fraction of sp³-hybridized carbons (Fsp3) is 0.318. The van der Waals surface area contributed by atoms with Crippen molar-refractivity contribution in [2.24, 2.45) is 5.10 Å². The van der Waals surface area contributed by atoms with E-state index in [1.807, 2.05) is 19.0 Å². The Balaban J connectivity index is 1.80. The van der Waals surface area contributed by atoms with Crippen LogP contribution in [0.5, 0.6) is 0 Å². The molecule has 0 aromatic heterocycles. The van der Waals surface area contributed by atoms with Gasteiger partial charge in [-0.05, 0) is 64.3 Å². The number of amides is 2. The van der Waals surface area contributed by atoms with Crippen molar-refractivity contribution in [3.8, 4) is 0 Å². The Morgan fingerprint density at radius 3 is 2.61 bits per heavy atom. The highest BCUT2D eigenvalue weighted by atomic mass is 32.2. The van der Waals surface area contributed by atoms with E-state index in [9.17, 15) is 18.0 Å². The van der Waals surface area contributed by atoms with E-state index in [4.69, 9.17) is 0 Å². The van der Waals surface area contributed by atoms with Crippen molar-refractivity contribution in [2.75, 3.05) is 37.9 Å². The Hall–Kier alpha value is -3.28. The lowest BCUT2D eigenvalue weighted by Crippen LogP contribution is -2.31. The summed E-state index contributed by atoms with van der Waals surface area (Å²) in [6.07, 6.45) is 0. The van der Waals surface area contributed by atoms with Crippen molar-refractivity contribution in [3.05, 3.63) is 53.6 Å². The van der Waals surface area contributed by atoms with Crippen LogP contribution in [-0.2, 0) is 14.8 Å². The zero-order valence-electron chi connectivity index (χ0n) is 19.0. The first-order valence-corrected chi connectivity index (χ1v) is 11.9. The van der Waals surface area contributed by atoms with Crippen molar-refractivity contribution in [1.29, 1.82) is 0 Å². The molecule has 0 radical (unpaired) electrons. The minimum absolute atomic E-state index is 0.0375. The SMILES string of the molecule is CC(C)NS(=O)(=O)c1ccc2c(c1)/C(=N/Nc1cccc(C(=O)NCCN(C)C)c1)C(=O)N2. The predicted octanol–water partition coefficient (Wildman–Crippen LogP) is 1.43. The Morgan fingerprint density at radius 1 is 1.15 bits per heavy atom. The van der Waals surface area contributed by atoms with E-state index in [1.54, 1.807) is 38.1 Å². The van der Waals surface area contributed by atoms with Crippen LogP contribution in [-0.4, -0.2) is 64.1 Å². The summed E-state index contributed by atoms with van der Waals surface area (Å²) < 4.78 is 27.5. The van der Waals surface area contributed by atoms with Gasteiger partial charge in [-0.1, -0.05) is 6.07 Å². The van der Waals surface area contributed by atoms with Gasteiger partial charge in [0.1, 0.15) is 0 Å². The second kappa shape index (κ2) is 10.1. The summed E-state index contributed by atoms with van der Waals surface area (Å²) in [6.45, 7) is 4.68. The van der Waals surface area contributed by atoms with Gasteiger partial charge in [0.25, 0.3) is 11.8 Å². The lowest BCUT2D eigenvalue weighted by atomic mass is 10.1. The molecule has 0 saturated carbocycles. The molecule has 0 atom stereocenters. The van der Waals surface area contributed by atoms with Crippen molar-refractivity contribution in [2.45, 2.75) is 24.8 Å². The molecule has 0 fully saturated rings. The Labute approximate surface area is 193 Å². The van der Waals surface area contributed by atoms with Gasteiger partial charge in [-0.3, -0.25) is 15.0 Å². The van der Waals surface area contributed by atoms with E-state index in [0.717, 1.165) is 6.54 Å². The Morgan fingerprint density at radius 2 is 1.91 bits per heavy atom. The molecule has 0 spiro atoms. The van der Waals surface area contributed by atoms with Crippen LogP contribution in [0.1, 0.15) is 29.8 Å². The number of nitrogens with zero attached hydrogens (tertiary/aromatic N) is 2. The number of fused-ring (bicyclic) bond motifs is 1. The summed E-state index contributed by atoms with van der Waals surface area (Å²) in [7, 11) is 0.117. The first-order valence-electron chi connectivity index (χ1n) is 10.4. The second-order valence-electron chi connectivity index (χ2n) is 8.15. The molecule has 2 amide bonds. The van der Waals surface area contributed by atoms with Gasteiger partial charge in [0.2, 0.25) is 10.0 Å². The van der Waals surface area contributed by atoms with E-state index in [1.165, 1.54) is 18.2 Å². The largest absolute Gasteiger partial charge is 0.351 e. The number of carbonyl (C=O) groups excluding carboxylic acids is 2. The number of sulfonamides is 1. The predicted molar refractivity (Wildman–Crippen MR) is 128 cm³/mol. The molecule has 1 aliphatic rings. The maximum atomic E-state index is 12.5. The minimum atomic E-state index is -3.73. The average molecular weight is 473 g/mol. The number of hydrazone groups is 1. The van der Waals surface area contributed by atoms with Crippen molar-refractivity contribution in [1.82, 2.24) is 14.9 Å². The number of hydrogen-bond donors (Lipinski definition) is 4. The van der Waals surface area contributed by atoms with E-state index in [2.05, 4.69) is 25.9 Å². The number of likely N-dealkylation sites (N-methyl/N-ethyl adjacent to an activating group) is 1. The Bertz CT molecular complexity index is 1190. The second-order valence-corrected chi connectivity index (χ2v) is 9.86. The summed E-state index contributed by atoms with van der Waals surface area (Å²) in [6, 6.07) is 10.8. The molecule has 2 aromatic carbocycles. The van der Waals surface area contributed by atoms with Gasteiger partial charge in [0.15, 0.2) is 5.71 Å². The number of carbonyl (C=O) groups is 2. The number of nitrogens with one attached hydrogen (secondary N) is 4. The monoisotopic (exact) mass is 472 g/mol. The highest BCUT2D eigenvalue weighted by Crippen LogP contribution is 2.27. The first kappa shape index (κ1) is 24.4. The molecule has 11 heteroatoms. The molecule has 0 aliphatic carbocycles. The average Bonchev–Trinajstić information content (AvgIpc) is 3.05. The van der Waals surface area contributed by atoms with Gasteiger partial charge in [-0.15, -0.1) is 0 Å². The molecule has 0 unspecified atom stereocenters. The summed E-state index contributed by atoms with van der Waals surface area (Å²) in [5.74, 6) is -0.675. The third-order valence-electron chi connectivity index (χ3n) is 4.68. The van der Waals surface area contributed by atoms with E-state index in [-0.39, 0.29) is 22.6 Å². The van der Waals surface area contributed by atoms with Crippen LogP contribution >= 0.6 is 0 Å². The van der Waals surface area contributed by atoms with Crippen LogP contribution in [0.2, 0.25) is 0 Å². The zero-order chi connectivity index (χ0) is 24.2. The number of hydrogen-bond acceptors (Lipinski definition) is 7. The minimum Gasteiger partial charge on any atom is -0.351 e. The highest BCUT2D eigenvalue weighted by molar-refractivity contribution is 7.89. The quantitative estimate of drug-likeness (QED) is 0.408. The van der Waals surface area contributed by atoms with Crippen LogP contribution in [0.3, 0.4) is 0 Å². The zero-order valence-corrected chi connectivity index (χ0v) is 19.8. The fourth-order valence-electron chi connectivity index (χ4n) is 3.13. The van der Waals surface area contributed by atoms with Crippen LogP contribution in [0.25, 0.3) is 0 Å². The van der Waals surface area contributed by atoms with Crippen LogP contribution in [0.4, 0.5) is 11.4 Å². The standard InChI is InChI=1S/C22H28N6O4S/c1-14(2)27-33(31,32)17-8-9-19-18(13-17)20(22(30)24-19)26-25-16-7-5-6-15(12-16)21(29)23-10-11-28(3)4/h5-9,12-14,25,27H,10-11H2,1-4H3,(H,23,29)(H,24,26,30). The summed E-state index contributed by atoms with van der Waals surface area (Å²) in [5.41, 5.74) is 4.64.